The zero-order chi connectivity index (χ0) is 14.9. The van der Waals surface area contributed by atoms with Crippen LogP contribution < -0.4 is 0 Å². The molecule has 0 radical (unpaired) electrons. The minimum atomic E-state index is -0.201. The first-order valence-corrected chi connectivity index (χ1v) is 8.16. The molecule has 0 aromatic heterocycles. The smallest absolute Gasteiger partial charge is 0.165 e. The quantitative estimate of drug-likeness (QED) is 0.653. The van der Waals surface area contributed by atoms with Crippen LogP contribution in [-0.4, -0.2) is 5.78 Å². The van der Waals surface area contributed by atoms with Crippen LogP contribution in [-0.2, 0) is 4.79 Å². The molecule has 1 aromatic carbocycles. The van der Waals surface area contributed by atoms with E-state index in [4.69, 9.17) is 0 Å². The second kappa shape index (κ2) is 5.85. The number of allylic oxidation sites excluding steroid dienone is 1. The topological polar surface area (TPSA) is 17.1 Å². The highest BCUT2D eigenvalue weighted by Gasteiger charge is 2.42. The fourth-order valence-electron chi connectivity index (χ4n) is 2.84. The van der Waals surface area contributed by atoms with Gasteiger partial charge in [0.05, 0.1) is 0 Å². The van der Waals surface area contributed by atoms with Gasteiger partial charge in [0.15, 0.2) is 5.78 Å². The summed E-state index contributed by atoms with van der Waals surface area (Å²) in [7, 11) is 0. The molecule has 1 aliphatic rings. The van der Waals surface area contributed by atoms with Crippen molar-refractivity contribution in [1.29, 1.82) is 0 Å². The number of hydrogen-bond acceptors (Lipinski definition) is 1. The number of benzene rings is 1. The number of rotatable bonds is 2. The third-order valence-corrected chi connectivity index (χ3v) is 5.40. The van der Waals surface area contributed by atoms with Gasteiger partial charge < -0.3 is 0 Å². The lowest BCUT2D eigenvalue weighted by Crippen LogP contribution is -2.40. The summed E-state index contributed by atoms with van der Waals surface area (Å²) < 4.78 is 1.06. The largest absolute Gasteiger partial charge is 0.294 e. The maximum atomic E-state index is 12.9. The molecular weight excluding hydrogens is 312 g/mol. The van der Waals surface area contributed by atoms with Crippen LogP contribution in [0.15, 0.2) is 34.3 Å². The van der Waals surface area contributed by atoms with Gasteiger partial charge in [0.2, 0.25) is 0 Å². The lowest BCUT2D eigenvalue weighted by atomic mass is 9.63. The predicted molar refractivity (Wildman–Crippen MR) is 88.5 cm³/mol. The van der Waals surface area contributed by atoms with Crippen LogP contribution in [0.25, 0.3) is 6.08 Å². The minimum Gasteiger partial charge on any atom is -0.294 e. The van der Waals surface area contributed by atoms with Crippen molar-refractivity contribution in [2.75, 3.05) is 0 Å². The summed E-state index contributed by atoms with van der Waals surface area (Å²) in [4.78, 5) is 12.9. The third-order valence-electron chi connectivity index (χ3n) is 4.87. The van der Waals surface area contributed by atoms with E-state index in [0.29, 0.717) is 17.6 Å². The summed E-state index contributed by atoms with van der Waals surface area (Å²) >= 11 is 3.44. The summed E-state index contributed by atoms with van der Waals surface area (Å²) in [5, 5.41) is 0. The van der Waals surface area contributed by atoms with Gasteiger partial charge in [-0.15, -0.1) is 0 Å². The number of Topliss-reactive ketones (excluding diaryl/α,β-unsaturated/α-hetero) is 1. The van der Waals surface area contributed by atoms with E-state index in [0.717, 1.165) is 28.5 Å². The number of hydrogen-bond donors (Lipinski definition) is 0. The highest BCUT2D eigenvalue weighted by Crippen LogP contribution is 2.44. The van der Waals surface area contributed by atoms with Crippen molar-refractivity contribution in [2.24, 2.45) is 17.3 Å². The molecule has 0 unspecified atom stereocenters. The molecule has 20 heavy (non-hydrogen) atoms. The Labute approximate surface area is 130 Å². The van der Waals surface area contributed by atoms with Crippen molar-refractivity contribution in [1.82, 2.24) is 0 Å². The van der Waals surface area contributed by atoms with E-state index in [9.17, 15) is 4.79 Å². The zero-order valence-electron chi connectivity index (χ0n) is 12.7. The Kier molecular flexibility index (Phi) is 4.53. The molecule has 0 aliphatic heterocycles. The SMILES string of the molecule is CC(C)[C@@]1(C)CC[C@@H](C)/C(=C/c2ccc(Br)cc2)C1=O. The molecule has 2 rings (SSSR count). The van der Waals surface area contributed by atoms with Crippen molar-refractivity contribution in [3.8, 4) is 0 Å². The molecule has 1 aromatic rings. The normalized spacial score (nSPS) is 29.2. The van der Waals surface area contributed by atoms with Crippen molar-refractivity contribution in [3.05, 3.63) is 39.9 Å². The summed E-state index contributed by atoms with van der Waals surface area (Å²) in [5.74, 6) is 1.09. The van der Waals surface area contributed by atoms with Gasteiger partial charge in [0, 0.05) is 9.89 Å². The number of halogens is 1. The van der Waals surface area contributed by atoms with E-state index in [1.807, 2.05) is 12.1 Å². The van der Waals surface area contributed by atoms with Gasteiger partial charge in [-0.3, -0.25) is 4.79 Å². The average molecular weight is 335 g/mol. The number of carbonyl (C=O) groups excluding carboxylic acids is 1. The van der Waals surface area contributed by atoms with Gasteiger partial charge in [-0.1, -0.05) is 55.8 Å². The fraction of sp³-hybridized carbons (Fsp3) is 0.500. The van der Waals surface area contributed by atoms with Crippen LogP contribution in [0.1, 0.15) is 46.1 Å². The molecule has 108 valence electrons. The predicted octanol–water partition coefficient (Wildman–Crippen LogP) is 5.49. The second-order valence-electron chi connectivity index (χ2n) is 6.49. The van der Waals surface area contributed by atoms with E-state index in [1.165, 1.54) is 0 Å². The molecule has 0 N–H and O–H groups in total. The molecule has 1 fully saturated rings. The Hall–Kier alpha value is -0.890. The first kappa shape index (κ1) is 15.5. The summed E-state index contributed by atoms with van der Waals surface area (Å²) in [5.41, 5.74) is 1.90. The monoisotopic (exact) mass is 334 g/mol. The molecule has 1 nitrogen and oxygen atoms in total. The van der Waals surface area contributed by atoms with E-state index in [2.05, 4.69) is 61.8 Å². The van der Waals surface area contributed by atoms with Crippen molar-refractivity contribution < 1.29 is 4.79 Å². The average Bonchev–Trinajstić information content (AvgIpc) is 2.41. The molecule has 1 saturated carbocycles. The highest BCUT2D eigenvalue weighted by atomic mass is 79.9. The van der Waals surface area contributed by atoms with Crippen molar-refractivity contribution in [3.63, 3.8) is 0 Å². The second-order valence-corrected chi connectivity index (χ2v) is 7.41. The van der Waals surface area contributed by atoms with Crippen LogP contribution >= 0.6 is 15.9 Å². The Morgan fingerprint density at radius 3 is 2.45 bits per heavy atom. The van der Waals surface area contributed by atoms with Gasteiger partial charge in [-0.25, -0.2) is 0 Å². The van der Waals surface area contributed by atoms with E-state index < -0.39 is 0 Å². The zero-order valence-corrected chi connectivity index (χ0v) is 14.3. The fourth-order valence-corrected chi connectivity index (χ4v) is 3.10. The number of ketones is 1. The first-order valence-electron chi connectivity index (χ1n) is 7.36. The lowest BCUT2D eigenvalue weighted by molar-refractivity contribution is -0.129. The van der Waals surface area contributed by atoms with Crippen molar-refractivity contribution in [2.45, 2.75) is 40.5 Å². The van der Waals surface area contributed by atoms with E-state index in [1.54, 1.807) is 0 Å². The standard InChI is InChI=1S/C18H23BrO/c1-12(2)18(4)10-9-13(3)16(17(18)20)11-14-5-7-15(19)8-6-14/h5-8,11-13H,9-10H2,1-4H3/b16-11-/t13-,18-/m1/s1. The number of carbonyl (C=O) groups is 1. The maximum absolute atomic E-state index is 12.9. The highest BCUT2D eigenvalue weighted by molar-refractivity contribution is 9.10. The van der Waals surface area contributed by atoms with Crippen LogP contribution in [0.2, 0.25) is 0 Å². The van der Waals surface area contributed by atoms with Gasteiger partial charge in [-0.05, 0) is 54.0 Å². The molecular formula is C18H23BrO. The molecule has 0 amide bonds. The molecule has 0 heterocycles. The van der Waals surface area contributed by atoms with Gasteiger partial charge in [0.1, 0.15) is 0 Å². The first-order chi connectivity index (χ1) is 9.34. The van der Waals surface area contributed by atoms with Gasteiger partial charge >= 0.3 is 0 Å². The molecule has 2 heteroatoms. The third kappa shape index (κ3) is 2.90. The van der Waals surface area contributed by atoms with Crippen LogP contribution in [0, 0.1) is 17.3 Å². The molecule has 0 saturated heterocycles. The molecule has 0 bridgehead atoms. The molecule has 1 aliphatic carbocycles. The van der Waals surface area contributed by atoms with Crippen molar-refractivity contribution >= 4 is 27.8 Å². The molecule has 0 spiro atoms. The van der Waals surface area contributed by atoms with E-state index in [-0.39, 0.29) is 5.41 Å². The maximum Gasteiger partial charge on any atom is 0.165 e. The Bertz CT molecular complexity index is 527. The van der Waals surface area contributed by atoms with Crippen LogP contribution in [0.4, 0.5) is 0 Å². The van der Waals surface area contributed by atoms with Gasteiger partial charge in [0.25, 0.3) is 0 Å². The van der Waals surface area contributed by atoms with Gasteiger partial charge in [-0.2, -0.15) is 0 Å². The summed E-state index contributed by atoms with van der Waals surface area (Å²) in [6.45, 7) is 8.61. The van der Waals surface area contributed by atoms with Crippen LogP contribution in [0.5, 0.6) is 0 Å². The molecule has 2 atom stereocenters. The summed E-state index contributed by atoms with van der Waals surface area (Å²) in [6.07, 6.45) is 4.18. The Morgan fingerprint density at radius 2 is 1.90 bits per heavy atom. The Morgan fingerprint density at radius 1 is 1.30 bits per heavy atom. The van der Waals surface area contributed by atoms with E-state index >= 15 is 0 Å². The Balaban J connectivity index is 2.37. The van der Waals surface area contributed by atoms with Crippen LogP contribution in [0.3, 0.4) is 0 Å². The summed E-state index contributed by atoms with van der Waals surface area (Å²) in [6, 6.07) is 8.15. The lowest BCUT2D eigenvalue weighted by Gasteiger charge is -2.39. The minimum absolute atomic E-state index is 0.201.